The number of ketones is 1. The number of para-hydroxylation sites is 1. The normalized spacial score (nSPS) is 11.8. The van der Waals surface area contributed by atoms with Crippen LogP contribution < -0.4 is 5.32 Å². The summed E-state index contributed by atoms with van der Waals surface area (Å²) >= 11 is 0. The van der Waals surface area contributed by atoms with Gasteiger partial charge >= 0.3 is 5.97 Å². The Labute approximate surface area is 162 Å². The lowest BCUT2D eigenvalue weighted by atomic mass is 10.1. The molecule has 3 aromatic rings. The van der Waals surface area contributed by atoms with E-state index in [1.807, 2.05) is 31.2 Å². The number of rotatable bonds is 7. The topological polar surface area (TPSA) is 88.3 Å². The molecule has 0 saturated carbocycles. The van der Waals surface area contributed by atoms with Crippen LogP contribution in [0.1, 0.15) is 47.5 Å². The van der Waals surface area contributed by atoms with Crippen LogP contribution in [-0.2, 0) is 9.53 Å². The number of anilines is 1. The molecule has 1 atom stereocenters. The number of hydrogen-bond acceptors (Lipinski definition) is 4. The molecule has 0 fully saturated rings. The highest BCUT2D eigenvalue weighted by molar-refractivity contribution is 6.02. The first-order valence-electron chi connectivity index (χ1n) is 9.20. The molecule has 0 radical (unpaired) electrons. The van der Waals surface area contributed by atoms with Gasteiger partial charge in [0.2, 0.25) is 11.7 Å². The highest BCUT2D eigenvalue weighted by atomic mass is 16.5. The summed E-state index contributed by atoms with van der Waals surface area (Å²) in [5.74, 6) is -0.960. The molecule has 1 amide bonds. The molecule has 0 spiro atoms. The van der Waals surface area contributed by atoms with E-state index in [4.69, 9.17) is 4.74 Å². The fourth-order valence-electron chi connectivity index (χ4n) is 2.86. The first-order valence-corrected chi connectivity index (χ1v) is 9.20. The fraction of sp³-hybridized carbons (Fsp3) is 0.227. The van der Waals surface area contributed by atoms with Gasteiger partial charge in [-0.25, -0.2) is 4.79 Å². The van der Waals surface area contributed by atoms with Gasteiger partial charge in [-0.1, -0.05) is 25.1 Å². The van der Waals surface area contributed by atoms with Crippen molar-refractivity contribution in [1.29, 1.82) is 0 Å². The van der Waals surface area contributed by atoms with E-state index in [2.05, 4.69) is 10.3 Å². The van der Waals surface area contributed by atoms with E-state index in [0.717, 1.165) is 17.3 Å². The van der Waals surface area contributed by atoms with E-state index in [1.165, 1.54) is 0 Å². The average Bonchev–Trinajstić information content (AvgIpc) is 3.12. The second-order valence-corrected chi connectivity index (χ2v) is 6.56. The van der Waals surface area contributed by atoms with E-state index in [-0.39, 0.29) is 11.7 Å². The van der Waals surface area contributed by atoms with Crippen molar-refractivity contribution >= 4 is 34.3 Å². The Kier molecular flexibility index (Phi) is 5.89. The Morgan fingerprint density at radius 2 is 1.79 bits per heavy atom. The lowest BCUT2D eigenvalue weighted by Gasteiger charge is -2.12. The molecule has 0 bridgehead atoms. The van der Waals surface area contributed by atoms with Gasteiger partial charge in [0.15, 0.2) is 6.10 Å². The number of Topliss-reactive ketones (excluding diaryl/α,β-unsaturated/α-hetero) is 1. The Morgan fingerprint density at radius 1 is 1.07 bits per heavy atom. The standard InChI is InChI=1S/C22H22N2O4/c1-3-6-20(25)23-17-11-9-15(10-12-17)21(26)14(2)28-22(27)19-13-16-7-4-5-8-18(16)24-19/h4-5,7-14,24H,3,6H2,1-2H3,(H,23,25)/t14-/m0/s1. The number of H-pyrrole nitrogens is 1. The minimum absolute atomic E-state index is 0.0674. The van der Waals surface area contributed by atoms with Crippen LogP contribution in [0.2, 0.25) is 0 Å². The number of esters is 1. The van der Waals surface area contributed by atoms with E-state index in [1.54, 1.807) is 37.3 Å². The van der Waals surface area contributed by atoms with Gasteiger partial charge in [-0.2, -0.15) is 0 Å². The van der Waals surface area contributed by atoms with Crippen LogP contribution in [-0.4, -0.2) is 28.7 Å². The maximum Gasteiger partial charge on any atom is 0.355 e. The maximum absolute atomic E-state index is 12.5. The van der Waals surface area contributed by atoms with E-state index in [9.17, 15) is 14.4 Å². The third-order valence-corrected chi connectivity index (χ3v) is 4.33. The number of fused-ring (bicyclic) bond motifs is 1. The molecule has 3 rings (SSSR count). The molecule has 2 N–H and O–H groups in total. The first kappa shape index (κ1) is 19.4. The molecule has 6 heteroatoms. The van der Waals surface area contributed by atoms with Crippen LogP contribution >= 0.6 is 0 Å². The number of ether oxygens (including phenoxy) is 1. The predicted molar refractivity (Wildman–Crippen MR) is 107 cm³/mol. The average molecular weight is 378 g/mol. The highest BCUT2D eigenvalue weighted by Gasteiger charge is 2.21. The van der Waals surface area contributed by atoms with E-state index >= 15 is 0 Å². The lowest BCUT2D eigenvalue weighted by molar-refractivity contribution is -0.116. The van der Waals surface area contributed by atoms with Crippen molar-refractivity contribution in [2.75, 3.05) is 5.32 Å². The smallest absolute Gasteiger partial charge is 0.355 e. The molecule has 0 aliphatic heterocycles. The van der Waals surface area contributed by atoms with Crippen LogP contribution in [0.15, 0.2) is 54.6 Å². The zero-order valence-corrected chi connectivity index (χ0v) is 15.8. The van der Waals surface area contributed by atoms with Gasteiger partial charge in [-0.3, -0.25) is 9.59 Å². The Bertz CT molecular complexity index is 972. The molecule has 144 valence electrons. The number of aromatic nitrogens is 1. The number of carbonyl (C=O) groups is 3. The van der Waals surface area contributed by atoms with Crippen LogP contribution in [0.4, 0.5) is 5.69 Å². The number of aromatic amines is 1. The molecular weight excluding hydrogens is 356 g/mol. The summed E-state index contributed by atoms with van der Waals surface area (Å²) in [7, 11) is 0. The second kappa shape index (κ2) is 8.52. The molecular formula is C22H22N2O4. The Hall–Kier alpha value is -3.41. The summed E-state index contributed by atoms with van der Waals surface area (Å²) in [6.45, 7) is 3.47. The quantitative estimate of drug-likeness (QED) is 0.473. The van der Waals surface area contributed by atoms with Gasteiger partial charge in [-0.05, 0) is 49.7 Å². The molecule has 28 heavy (non-hydrogen) atoms. The first-order chi connectivity index (χ1) is 13.5. The summed E-state index contributed by atoms with van der Waals surface area (Å²) in [4.78, 5) is 39.5. The van der Waals surface area contributed by atoms with Crippen molar-refractivity contribution in [1.82, 2.24) is 4.98 Å². The molecule has 0 unspecified atom stereocenters. The van der Waals surface area contributed by atoms with Crippen LogP contribution in [0.25, 0.3) is 10.9 Å². The Morgan fingerprint density at radius 3 is 2.46 bits per heavy atom. The van der Waals surface area contributed by atoms with Gasteiger partial charge in [0, 0.05) is 28.6 Å². The van der Waals surface area contributed by atoms with Gasteiger partial charge in [0.1, 0.15) is 5.69 Å². The van der Waals surface area contributed by atoms with Crippen LogP contribution in [0.3, 0.4) is 0 Å². The number of nitrogens with one attached hydrogen (secondary N) is 2. The highest BCUT2D eigenvalue weighted by Crippen LogP contribution is 2.17. The largest absolute Gasteiger partial charge is 0.450 e. The molecule has 1 aromatic heterocycles. The number of amides is 1. The van der Waals surface area contributed by atoms with Crippen LogP contribution in [0.5, 0.6) is 0 Å². The van der Waals surface area contributed by atoms with E-state index < -0.39 is 12.1 Å². The van der Waals surface area contributed by atoms with Crippen molar-refractivity contribution in [3.8, 4) is 0 Å². The molecule has 1 heterocycles. The van der Waals surface area contributed by atoms with Gasteiger partial charge in [0.05, 0.1) is 0 Å². The van der Waals surface area contributed by atoms with Crippen molar-refractivity contribution in [2.24, 2.45) is 0 Å². The zero-order valence-electron chi connectivity index (χ0n) is 15.8. The summed E-state index contributed by atoms with van der Waals surface area (Å²) in [5.41, 5.74) is 2.16. The maximum atomic E-state index is 12.5. The van der Waals surface area contributed by atoms with Crippen molar-refractivity contribution in [3.05, 3.63) is 65.9 Å². The summed E-state index contributed by atoms with van der Waals surface area (Å²) in [6, 6.07) is 15.7. The Balaban J connectivity index is 1.63. The summed E-state index contributed by atoms with van der Waals surface area (Å²) in [6.07, 6.45) is 0.280. The van der Waals surface area contributed by atoms with Gasteiger partial charge in [0.25, 0.3) is 0 Å². The molecule has 6 nitrogen and oxygen atoms in total. The summed E-state index contributed by atoms with van der Waals surface area (Å²) < 4.78 is 5.32. The van der Waals surface area contributed by atoms with Gasteiger partial charge in [-0.15, -0.1) is 0 Å². The molecule has 0 aliphatic carbocycles. The minimum Gasteiger partial charge on any atom is -0.450 e. The lowest BCUT2D eigenvalue weighted by Crippen LogP contribution is -2.24. The van der Waals surface area contributed by atoms with Crippen molar-refractivity contribution < 1.29 is 19.1 Å². The molecule has 2 aromatic carbocycles. The van der Waals surface area contributed by atoms with E-state index in [0.29, 0.717) is 23.4 Å². The molecule has 0 aliphatic rings. The third kappa shape index (κ3) is 4.46. The van der Waals surface area contributed by atoms with Gasteiger partial charge < -0.3 is 15.0 Å². The number of hydrogen-bond donors (Lipinski definition) is 2. The molecule has 0 saturated heterocycles. The number of carbonyl (C=O) groups excluding carboxylic acids is 3. The minimum atomic E-state index is -0.931. The third-order valence-electron chi connectivity index (χ3n) is 4.33. The monoisotopic (exact) mass is 378 g/mol. The SMILES string of the molecule is CCCC(=O)Nc1ccc(C(=O)[C@H](C)OC(=O)c2cc3ccccc3[nH]2)cc1. The predicted octanol–water partition coefficient (Wildman–Crippen LogP) is 4.33. The summed E-state index contributed by atoms with van der Waals surface area (Å²) in [5, 5.41) is 3.66. The zero-order chi connectivity index (χ0) is 20.1. The van der Waals surface area contributed by atoms with Crippen molar-refractivity contribution in [2.45, 2.75) is 32.8 Å². The van der Waals surface area contributed by atoms with Crippen LogP contribution in [0, 0.1) is 0 Å². The second-order valence-electron chi connectivity index (χ2n) is 6.56. The number of benzene rings is 2. The fourth-order valence-corrected chi connectivity index (χ4v) is 2.86. The van der Waals surface area contributed by atoms with Crippen molar-refractivity contribution in [3.63, 3.8) is 0 Å².